The van der Waals surface area contributed by atoms with E-state index in [2.05, 4.69) is 13.8 Å². The Labute approximate surface area is 128 Å². The quantitative estimate of drug-likeness (QED) is 0.663. The molecule has 0 fully saturated rings. The van der Waals surface area contributed by atoms with E-state index in [1.807, 2.05) is 42.5 Å². The number of rotatable bonds is 5. The second-order valence-corrected chi connectivity index (χ2v) is 7.32. The van der Waals surface area contributed by atoms with Crippen molar-refractivity contribution >= 4 is 19.7 Å². The molecule has 0 saturated heterocycles. The smallest absolute Gasteiger partial charge is 0.160 e. The zero-order chi connectivity index (χ0) is 15.5. The maximum atomic E-state index is 11.8. The summed E-state index contributed by atoms with van der Waals surface area (Å²) in [5.41, 5.74) is 1.73. The zero-order valence-corrected chi connectivity index (χ0v) is 13.7. The van der Waals surface area contributed by atoms with Gasteiger partial charge in [0.25, 0.3) is 0 Å². The first-order valence-corrected chi connectivity index (χ1v) is 8.14. The van der Waals surface area contributed by atoms with E-state index < -0.39 is 0 Å². The molecule has 2 aromatic carbocycles. The monoisotopic (exact) mass is 300 g/mol. The van der Waals surface area contributed by atoms with E-state index in [9.17, 15) is 9.90 Å². The lowest BCUT2D eigenvalue weighted by Crippen LogP contribution is -2.21. The summed E-state index contributed by atoms with van der Waals surface area (Å²) in [7, 11) is 0.433. The maximum Gasteiger partial charge on any atom is 0.160 e. The molecule has 0 saturated carbocycles. The Morgan fingerprint density at radius 1 is 1.14 bits per heavy atom. The lowest BCUT2D eigenvalue weighted by atomic mass is 9.96. The van der Waals surface area contributed by atoms with Gasteiger partial charge < -0.3 is 5.11 Å². The average molecular weight is 300 g/mol. The van der Waals surface area contributed by atoms with E-state index in [1.54, 1.807) is 13.0 Å². The summed E-state index contributed by atoms with van der Waals surface area (Å²) in [4.78, 5) is 11.8. The summed E-state index contributed by atoms with van der Waals surface area (Å²) in [5.74, 6) is 0.420. The summed E-state index contributed by atoms with van der Waals surface area (Å²) < 4.78 is 0. The molecule has 2 atom stereocenters. The molecule has 2 nitrogen and oxygen atoms in total. The Morgan fingerprint density at radius 3 is 2.38 bits per heavy atom. The fourth-order valence-corrected chi connectivity index (χ4v) is 4.17. The fraction of sp³-hybridized carbons (Fsp3) is 0.278. The molecule has 0 spiro atoms. The second kappa shape index (κ2) is 6.41. The number of hydrogen-bond acceptors (Lipinski definition) is 2. The van der Waals surface area contributed by atoms with Gasteiger partial charge in [-0.3, -0.25) is 4.79 Å². The van der Waals surface area contributed by atoms with Gasteiger partial charge in [-0.15, -0.1) is 0 Å². The van der Waals surface area contributed by atoms with Crippen LogP contribution in [0.5, 0.6) is 5.75 Å². The predicted molar refractivity (Wildman–Crippen MR) is 90.1 cm³/mol. The van der Waals surface area contributed by atoms with Crippen LogP contribution in [-0.2, 0) is 5.16 Å². The lowest BCUT2D eigenvalue weighted by Gasteiger charge is -2.30. The van der Waals surface area contributed by atoms with Crippen LogP contribution in [0.3, 0.4) is 0 Å². The fourth-order valence-electron chi connectivity index (χ4n) is 2.48. The first-order chi connectivity index (χ1) is 9.98. The zero-order valence-electron chi connectivity index (χ0n) is 12.7. The largest absolute Gasteiger partial charge is 0.508 e. The molecule has 0 aliphatic heterocycles. The maximum absolute atomic E-state index is 11.8. The van der Waals surface area contributed by atoms with Crippen LogP contribution < -0.4 is 5.30 Å². The van der Waals surface area contributed by atoms with Gasteiger partial charge in [-0.25, -0.2) is 0 Å². The number of para-hydroxylation sites is 1. The van der Waals surface area contributed by atoms with E-state index >= 15 is 0 Å². The first-order valence-electron chi connectivity index (χ1n) is 7.14. The molecule has 1 N–H and O–H groups in total. The Kier molecular flexibility index (Phi) is 4.80. The molecule has 21 heavy (non-hydrogen) atoms. The molecular weight excluding hydrogens is 279 g/mol. The van der Waals surface area contributed by atoms with Gasteiger partial charge in [0.15, 0.2) is 5.78 Å². The van der Waals surface area contributed by atoms with Crippen molar-refractivity contribution in [3.05, 3.63) is 59.7 Å². The topological polar surface area (TPSA) is 37.3 Å². The normalized spacial score (nSPS) is 14.2. The Morgan fingerprint density at radius 2 is 1.76 bits per heavy atom. The number of aromatic hydroxyl groups is 1. The number of hydrogen-bond donors (Lipinski definition) is 1. The third-order valence-electron chi connectivity index (χ3n) is 3.92. The van der Waals surface area contributed by atoms with Crippen molar-refractivity contribution in [2.45, 2.75) is 32.3 Å². The highest BCUT2D eigenvalue weighted by Gasteiger charge is 2.28. The van der Waals surface area contributed by atoms with Gasteiger partial charge in [0.2, 0.25) is 0 Å². The number of ketones is 1. The van der Waals surface area contributed by atoms with Gasteiger partial charge in [-0.05, 0) is 24.7 Å². The number of phenols is 1. The summed E-state index contributed by atoms with van der Waals surface area (Å²) >= 11 is 0. The number of carbonyl (C=O) groups excluding carboxylic acids is 1. The number of carbonyl (C=O) groups is 1. The molecule has 2 rings (SSSR count). The minimum Gasteiger partial charge on any atom is -0.508 e. The van der Waals surface area contributed by atoms with Gasteiger partial charge >= 0.3 is 0 Å². The molecule has 0 bridgehead atoms. The van der Waals surface area contributed by atoms with Gasteiger partial charge in [0.1, 0.15) is 5.75 Å². The van der Waals surface area contributed by atoms with Crippen molar-refractivity contribution in [1.82, 2.24) is 0 Å². The van der Waals surface area contributed by atoms with Crippen LogP contribution in [0, 0.1) is 0 Å². The van der Waals surface area contributed by atoms with Crippen LogP contribution in [-0.4, -0.2) is 10.9 Å². The molecule has 0 aliphatic rings. The molecule has 0 aliphatic carbocycles. The standard InChI is InChI=1S/C18H21O2P/c1-4-18(3,15-10-6-7-11-16(15)20)21-17-12-8-5-9-14(17)13(2)19/h5-12,20-21H,4H2,1-3H3. The number of Topliss-reactive ketones (excluding diaryl/α,β-unsaturated/α-hetero) is 1. The Bertz CT molecular complexity index is 651. The van der Waals surface area contributed by atoms with Crippen LogP contribution in [0.4, 0.5) is 0 Å². The summed E-state index contributed by atoms with van der Waals surface area (Å²) in [6.07, 6.45) is 0.898. The van der Waals surface area contributed by atoms with Crippen molar-refractivity contribution in [3.8, 4) is 5.75 Å². The predicted octanol–water partition coefficient (Wildman–Crippen LogP) is 4.22. The SMILES string of the molecule is CCC(C)(Pc1ccccc1C(C)=O)c1ccccc1O. The van der Waals surface area contributed by atoms with Crippen LogP contribution in [0.25, 0.3) is 0 Å². The first kappa shape index (κ1) is 15.7. The molecule has 0 amide bonds. The molecule has 0 radical (unpaired) electrons. The lowest BCUT2D eigenvalue weighted by molar-refractivity contribution is 0.101. The highest BCUT2D eigenvalue weighted by molar-refractivity contribution is 7.48. The minimum absolute atomic E-state index is 0.0915. The van der Waals surface area contributed by atoms with E-state index in [0.29, 0.717) is 14.3 Å². The number of benzene rings is 2. The van der Waals surface area contributed by atoms with Gasteiger partial charge in [-0.2, -0.15) is 0 Å². The van der Waals surface area contributed by atoms with Crippen molar-refractivity contribution in [2.24, 2.45) is 0 Å². The third kappa shape index (κ3) is 3.33. The molecule has 110 valence electrons. The molecule has 3 heteroatoms. The Balaban J connectivity index is 2.44. The van der Waals surface area contributed by atoms with Gasteiger partial charge in [-0.1, -0.05) is 64.9 Å². The molecular formula is C18H21O2P. The average Bonchev–Trinajstić information content (AvgIpc) is 2.48. The van der Waals surface area contributed by atoms with Gasteiger partial charge in [0.05, 0.1) is 0 Å². The number of phenolic OH excluding ortho intramolecular Hbond substituents is 1. The van der Waals surface area contributed by atoms with Crippen molar-refractivity contribution in [2.75, 3.05) is 0 Å². The molecule has 0 aromatic heterocycles. The van der Waals surface area contributed by atoms with E-state index in [-0.39, 0.29) is 10.9 Å². The molecule has 2 aromatic rings. The van der Waals surface area contributed by atoms with Crippen LogP contribution in [0.2, 0.25) is 0 Å². The second-order valence-electron chi connectivity index (χ2n) is 5.43. The summed E-state index contributed by atoms with van der Waals surface area (Å²) in [6, 6.07) is 15.2. The molecule has 0 heterocycles. The van der Waals surface area contributed by atoms with Crippen molar-refractivity contribution < 1.29 is 9.90 Å². The summed E-state index contributed by atoms with van der Waals surface area (Å²) in [5, 5.41) is 11.1. The summed E-state index contributed by atoms with van der Waals surface area (Å²) in [6.45, 7) is 5.87. The van der Waals surface area contributed by atoms with Crippen LogP contribution >= 0.6 is 8.58 Å². The van der Waals surface area contributed by atoms with E-state index in [1.165, 1.54) is 0 Å². The third-order valence-corrected chi connectivity index (χ3v) is 5.80. The minimum atomic E-state index is -0.170. The van der Waals surface area contributed by atoms with Crippen LogP contribution in [0.1, 0.15) is 43.1 Å². The van der Waals surface area contributed by atoms with Crippen molar-refractivity contribution in [1.29, 1.82) is 0 Å². The van der Waals surface area contributed by atoms with Crippen molar-refractivity contribution in [3.63, 3.8) is 0 Å². The van der Waals surface area contributed by atoms with Gasteiger partial charge in [0, 0.05) is 16.3 Å². The Hall–Kier alpha value is -1.66. The molecule has 2 unspecified atom stereocenters. The highest BCUT2D eigenvalue weighted by Crippen LogP contribution is 2.47. The van der Waals surface area contributed by atoms with E-state index in [0.717, 1.165) is 22.9 Å². The highest BCUT2D eigenvalue weighted by atomic mass is 31.1. The van der Waals surface area contributed by atoms with Crippen LogP contribution in [0.15, 0.2) is 48.5 Å². The van der Waals surface area contributed by atoms with E-state index in [4.69, 9.17) is 0 Å².